The van der Waals surface area contributed by atoms with E-state index in [-0.39, 0.29) is 18.2 Å². The predicted molar refractivity (Wildman–Crippen MR) is 66.6 cm³/mol. The van der Waals surface area contributed by atoms with Crippen LogP contribution >= 0.6 is 0 Å². The molecular formula is C13H19N3O3. The van der Waals surface area contributed by atoms with Crippen LogP contribution in [0, 0.1) is 0 Å². The molecule has 1 saturated heterocycles. The summed E-state index contributed by atoms with van der Waals surface area (Å²) in [5.41, 5.74) is 0. The first-order valence-electron chi connectivity index (χ1n) is 7.01. The second-order valence-corrected chi connectivity index (χ2v) is 5.31. The Kier molecular flexibility index (Phi) is 3.77. The quantitative estimate of drug-likeness (QED) is 0.884. The Balaban J connectivity index is 1.56. The molecule has 0 radical (unpaired) electrons. The van der Waals surface area contributed by atoms with Gasteiger partial charge in [-0.2, -0.15) is 4.98 Å². The van der Waals surface area contributed by atoms with Crippen LogP contribution in [0.5, 0.6) is 0 Å². The molecule has 1 aliphatic heterocycles. The molecule has 0 spiro atoms. The molecule has 3 rings (SSSR count). The van der Waals surface area contributed by atoms with E-state index < -0.39 is 0 Å². The van der Waals surface area contributed by atoms with E-state index >= 15 is 0 Å². The molecular weight excluding hydrogens is 246 g/mol. The van der Waals surface area contributed by atoms with Crippen molar-refractivity contribution in [3.8, 4) is 0 Å². The van der Waals surface area contributed by atoms with Gasteiger partial charge in [-0.1, -0.05) is 5.16 Å². The summed E-state index contributed by atoms with van der Waals surface area (Å²) >= 11 is 0. The second kappa shape index (κ2) is 5.69. The molecule has 1 saturated carbocycles. The van der Waals surface area contributed by atoms with Gasteiger partial charge in [0.1, 0.15) is 0 Å². The molecule has 19 heavy (non-hydrogen) atoms. The van der Waals surface area contributed by atoms with Gasteiger partial charge >= 0.3 is 0 Å². The number of nitrogens with zero attached hydrogens (tertiary/aromatic N) is 2. The summed E-state index contributed by atoms with van der Waals surface area (Å²) in [5, 5.41) is 6.82. The lowest BCUT2D eigenvalue weighted by molar-refractivity contribution is -0.120. The highest BCUT2D eigenvalue weighted by Gasteiger charge is 2.25. The summed E-state index contributed by atoms with van der Waals surface area (Å²) in [6.07, 6.45) is 5.33. The molecule has 1 N–H and O–H groups in total. The van der Waals surface area contributed by atoms with E-state index in [0.717, 1.165) is 45.3 Å². The van der Waals surface area contributed by atoms with E-state index in [4.69, 9.17) is 9.26 Å². The molecule has 1 atom stereocenters. The van der Waals surface area contributed by atoms with E-state index in [2.05, 4.69) is 15.5 Å². The van der Waals surface area contributed by atoms with Crippen LogP contribution in [0.25, 0.3) is 0 Å². The summed E-state index contributed by atoms with van der Waals surface area (Å²) in [6, 6.07) is 0.373. The monoisotopic (exact) mass is 265 g/mol. The number of hydrogen-bond acceptors (Lipinski definition) is 5. The molecule has 2 fully saturated rings. The molecule has 0 aromatic carbocycles. The van der Waals surface area contributed by atoms with E-state index in [1.807, 2.05) is 0 Å². The van der Waals surface area contributed by atoms with Gasteiger partial charge in [-0.15, -0.1) is 0 Å². The van der Waals surface area contributed by atoms with Crippen molar-refractivity contribution < 1.29 is 14.1 Å². The minimum Gasteiger partial charge on any atom is -0.381 e. The van der Waals surface area contributed by atoms with Crippen molar-refractivity contribution in [2.45, 2.75) is 50.5 Å². The van der Waals surface area contributed by atoms with Crippen LogP contribution in [-0.2, 0) is 16.0 Å². The van der Waals surface area contributed by atoms with Crippen molar-refractivity contribution in [2.24, 2.45) is 0 Å². The van der Waals surface area contributed by atoms with E-state index in [1.54, 1.807) is 0 Å². The van der Waals surface area contributed by atoms with Crippen molar-refractivity contribution in [3.05, 3.63) is 11.7 Å². The highest BCUT2D eigenvalue weighted by Crippen LogP contribution is 2.26. The first-order valence-corrected chi connectivity index (χ1v) is 7.01. The number of hydrogen-bond donors (Lipinski definition) is 1. The topological polar surface area (TPSA) is 77.2 Å². The molecule has 6 nitrogen and oxygen atoms in total. The zero-order valence-corrected chi connectivity index (χ0v) is 10.9. The third-order valence-corrected chi connectivity index (χ3v) is 3.55. The number of rotatable bonds is 4. The minimum atomic E-state index is -0.0148. The molecule has 1 aliphatic carbocycles. The number of carbonyl (C=O) groups is 1. The average Bonchev–Trinajstić information content (AvgIpc) is 3.14. The van der Waals surface area contributed by atoms with Gasteiger partial charge in [0.05, 0.1) is 6.42 Å². The lowest BCUT2D eigenvalue weighted by atomic mass is 10.0. The molecule has 6 heteroatoms. The van der Waals surface area contributed by atoms with Gasteiger partial charge in [-0.05, 0) is 32.1 Å². The van der Waals surface area contributed by atoms with Crippen molar-refractivity contribution in [3.63, 3.8) is 0 Å². The fourth-order valence-corrected chi connectivity index (χ4v) is 2.31. The lowest BCUT2D eigenvalue weighted by Crippen LogP contribution is -2.27. The largest absolute Gasteiger partial charge is 0.381 e. The van der Waals surface area contributed by atoms with Crippen LogP contribution in [0.3, 0.4) is 0 Å². The normalized spacial score (nSPS) is 23.9. The van der Waals surface area contributed by atoms with Crippen LogP contribution < -0.4 is 5.32 Å². The molecule has 104 valence electrons. The summed E-state index contributed by atoms with van der Waals surface area (Å²) < 4.78 is 10.7. The highest BCUT2D eigenvalue weighted by molar-refractivity contribution is 5.78. The maximum Gasteiger partial charge on any atom is 0.229 e. The van der Waals surface area contributed by atoms with E-state index in [9.17, 15) is 4.79 Å². The SMILES string of the molecule is O=C(Cc1noc(C2CCCOCC2)n1)NC1CC1. The summed E-state index contributed by atoms with van der Waals surface area (Å²) in [6.45, 7) is 1.55. The Labute approximate surface area is 111 Å². The first-order chi connectivity index (χ1) is 9.31. The van der Waals surface area contributed by atoms with Gasteiger partial charge in [-0.3, -0.25) is 4.79 Å². The lowest BCUT2D eigenvalue weighted by Gasteiger charge is -2.06. The average molecular weight is 265 g/mol. The maximum absolute atomic E-state index is 11.7. The molecule has 2 heterocycles. The van der Waals surface area contributed by atoms with E-state index in [0.29, 0.717) is 17.8 Å². The molecule has 1 aromatic heterocycles. The fourth-order valence-electron chi connectivity index (χ4n) is 2.31. The third-order valence-electron chi connectivity index (χ3n) is 3.55. The first kappa shape index (κ1) is 12.6. The molecule has 1 amide bonds. The number of nitrogens with one attached hydrogen (secondary N) is 1. The van der Waals surface area contributed by atoms with Gasteiger partial charge < -0.3 is 14.6 Å². The number of carbonyl (C=O) groups excluding carboxylic acids is 1. The van der Waals surface area contributed by atoms with Crippen LogP contribution in [-0.4, -0.2) is 35.3 Å². The fraction of sp³-hybridized carbons (Fsp3) is 0.769. The zero-order valence-electron chi connectivity index (χ0n) is 10.9. The van der Waals surface area contributed by atoms with Crippen LogP contribution in [0.4, 0.5) is 0 Å². The van der Waals surface area contributed by atoms with Gasteiger partial charge in [0.25, 0.3) is 0 Å². The predicted octanol–water partition coefficient (Wildman–Crippen LogP) is 1.17. The van der Waals surface area contributed by atoms with Crippen molar-refractivity contribution in [1.82, 2.24) is 15.5 Å². The maximum atomic E-state index is 11.7. The Hall–Kier alpha value is -1.43. The van der Waals surface area contributed by atoms with Crippen LogP contribution in [0.15, 0.2) is 4.52 Å². The Morgan fingerprint density at radius 3 is 3.00 bits per heavy atom. The summed E-state index contributed by atoms with van der Waals surface area (Å²) in [5.74, 6) is 1.40. The molecule has 1 unspecified atom stereocenters. The Morgan fingerprint density at radius 2 is 2.16 bits per heavy atom. The highest BCUT2D eigenvalue weighted by atomic mass is 16.5. The van der Waals surface area contributed by atoms with E-state index in [1.165, 1.54) is 0 Å². The van der Waals surface area contributed by atoms with Gasteiger partial charge in [0.2, 0.25) is 11.8 Å². The Morgan fingerprint density at radius 1 is 1.26 bits per heavy atom. The Bertz CT molecular complexity index is 434. The standard InChI is InChI=1S/C13H19N3O3/c17-12(14-10-3-4-10)8-11-15-13(19-16-11)9-2-1-6-18-7-5-9/h9-10H,1-8H2,(H,14,17). The smallest absolute Gasteiger partial charge is 0.229 e. The van der Waals surface area contributed by atoms with Gasteiger partial charge in [0, 0.05) is 25.2 Å². The van der Waals surface area contributed by atoms with Gasteiger partial charge in [-0.25, -0.2) is 0 Å². The molecule has 2 aliphatic rings. The number of amides is 1. The van der Waals surface area contributed by atoms with Crippen LogP contribution in [0.1, 0.15) is 49.7 Å². The summed E-state index contributed by atoms with van der Waals surface area (Å²) in [7, 11) is 0. The molecule has 0 bridgehead atoms. The van der Waals surface area contributed by atoms with Crippen molar-refractivity contribution in [2.75, 3.05) is 13.2 Å². The molecule has 1 aromatic rings. The van der Waals surface area contributed by atoms with Crippen LogP contribution in [0.2, 0.25) is 0 Å². The summed E-state index contributed by atoms with van der Waals surface area (Å²) in [4.78, 5) is 16.0. The van der Waals surface area contributed by atoms with Gasteiger partial charge in [0.15, 0.2) is 5.82 Å². The third kappa shape index (κ3) is 3.53. The second-order valence-electron chi connectivity index (χ2n) is 5.31. The zero-order chi connectivity index (χ0) is 13.1. The van der Waals surface area contributed by atoms with Crippen molar-refractivity contribution in [1.29, 1.82) is 0 Å². The minimum absolute atomic E-state index is 0.0148. The van der Waals surface area contributed by atoms with Crippen molar-refractivity contribution >= 4 is 5.91 Å². The number of ether oxygens (including phenoxy) is 1. The number of aromatic nitrogens is 2.